The second-order valence-corrected chi connectivity index (χ2v) is 5.56. The summed E-state index contributed by atoms with van der Waals surface area (Å²) in [5.74, 6) is 0.967. The summed E-state index contributed by atoms with van der Waals surface area (Å²) in [6.07, 6.45) is 4.69. The fraction of sp³-hybridized carbons (Fsp3) is 0.786. The van der Waals surface area contributed by atoms with E-state index >= 15 is 0 Å². The van der Waals surface area contributed by atoms with Crippen LogP contribution in [0.25, 0.3) is 0 Å². The Bertz CT molecular complexity index is 406. The van der Waals surface area contributed by atoms with Gasteiger partial charge in [-0.3, -0.25) is 9.58 Å². The van der Waals surface area contributed by atoms with Gasteiger partial charge in [0, 0.05) is 19.6 Å². The van der Waals surface area contributed by atoms with E-state index in [-0.39, 0.29) is 0 Å². The zero-order valence-electron chi connectivity index (χ0n) is 12.4. The van der Waals surface area contributed by atoms with Gasteiger partial charge in [0.1, 0.15) is 5.82 Å². The van der Waals surface area contributed by atoms with Gasteiger partial charge in [0.15, 0.2) is 0 Å². The third kappa shape index (κ3) is 3.21. The quantitative estimate of drug-likeness (QED) is 0.824. The molecular weight excluding hydrogens is 238 g/mol. The lowest BCUT2D eigenvalue weighted by Gasteiger charge is -2.24. The van der Waals surface area contributed by atoms with Crippen molar-refractivity contribution in [2.75, 3.05) is 30.7 Å². The molecule has 0 aromatic carbocycles. The van der Waals surface area contributed by atoms with Crippen LogP contribution < -0.4 is 11.1 Å². The first-order chi connectivity index (χ1) is 9.13. The van der Waals surface area contributed by atoms with E-state index in [0.29, 0.717) is 6.04 Å². The molecule has 108 valence electrons. The molecule has 1 aromatic heterocycles. The number of anilines is 2. The summed E-state index contributed by atoms with van der Waals surface area (Å²) in [5, 5.41) is 7.96. The van der Waals surface area contributed by atoms with Crippen LogP contribution in [0.3, 0.4) is 0 Å². The number of nitrogens with one attached hydrogen (secondary N) is 1. The van der Waals surface area contributed by atoms with Crippen molar-refractivity contribution in [1.29, 1.82) is 0 Å². The topological polar surface area (TPSA) is 59.1 Å². The molecule has 0 spiro atoms. The third-order valence-corrected chi connectivity index (χ3v) is 3.98. The average molecular weight is 265 g/mol. The van der Waals surface area contributed by atoms with Gasteiger partial charge < -0.3 is 11.1 Å². The van der Waals surface area contributed by atoms with Crippen LogP contribution in [0, 0.1) is 0 Å². The SMILES string of the molecule is CCCc1nn(C)c(NCC(C)N2CCCC2)c1N. The number of nitrogens with zero attached hydrogens (tertiary/aromatic N) is 3. The lowest BCUT2D eigenvalue weighted by Crippen LogP contribution is -2.35. The minimum absolute atomic E-state index is 0.548. The van der Waals surface area contributed by atoms with E-state index in [4.69, 9.17) is 5.73 Å². The van der Waals surface area contributed by atoms with Crippen LogP contribution in [0.2, 0.25) is 0 Å². The Hall–Kier alpha value is -1.23. The molecule has 1 fully saturated rings. The monoisotopic (exact) mass is 265 g/mol. The normalized spacial score (nSPS) is 17.8. The van der Waals surface area contributed by atoms with Gasteiger partial charge in [0.05, 0.1) is 11.4 Å². The first-order valence-electron chi connectivity index (χ1n) is 7.42. The molecule has 1 aromatic rings. The lowest BCUT2D eigenvalue weighted by atomic mass is 10.2. The van der Waals surface area contributed by atoms with Gasteiger partial charge in [-0.25, -0.2) is 0 Å². The van der Waals surface area contributed by atoms with Gasteiger partial charge >= 0.3 is 0 Å². The summed E-state index contributed by atoms with van der Waals surface area (Å²) in [6.45, 7) is 7.80. The van der Waals surface area contributed by atoms with Gasteiger partial charge in [0.25, 0.3) is 0 Å². The van der Waals surface area contributed by atoms with Crippen LogP contribution >= 0.6 is 0 Å². The van der Waals surface area contributed by atoms with E-state index in [9.17, 15) is 0 Å². The fourth-order valence-corrected chi connectivity index (χ4v) is 2.78. The molecule has 0 bridgehead atoms. The van der Waals surface area contributed by atoms with E-state index < -0.39 is 0 Å². The van der Waals surface area contributed by atoms with Crippen molar-refractivity contribution in [2.24, 2.45) is 7.05 Å². The largest absolute Gasteiger partial charge is 0.394 e. The number of hydrogen-bond acceptors (Lipinski definition) is 4. The Balaban J connectivity index is 1.95. The summed E-state index contributed by atoms with van der Waals surface area (Å²) in [4.78, 5) is 2.53. The highest BCUT2D eigenvalue weighted by molar-refractivity contribution is 5.65. The molecule has 1 atom stereocenters. The van der Waals surface area contributed by atoms with Gasteiger partial charge in [-0.1, -0.05) is 13.3 Å². The molecule has 2 heterocycles. The summed E-state index contributed by atoms with van der Waals surface area (Å²) in [5.41, 5.74) is 8.00. The number of nitrogens with two attached hydrogens (primary N) is 1. The average Bonchev–Trinajstić information content (AvgIpc) is 2.99. The number of hydrogen-bond donors (Lipinski definition) is 2. The van der Waals surface area contributed by atoms with Crippen molar-refractivity contribution in [3.8, 4) is 0 Å². The number of aromatic nitrogens is 2. The van der Waals surface area contributed by atoms with Gasteiger partial charge in [-0.05, 0) is 39.3 Å². The highest BCUT2D eigenvalue weighted by Gasteiger charge is 2.19. The number of rotatable bonds is 6. The molecule has 19 heavy (non-hydrogen) atoms. The maximum absolute atomic E-state index is 6.17. The molecule has 5 nitrogen and oxygen atoms in total. The zero-order chi connectivity index (χ0) is 13.8. The molecular formula is C14H27N5. The van der Waals surface area contributed by atoms with Gasteiger partial charge in [-0.2, -0.15) is 5.10 Å². The molecule has 5 heteroatoms. The maximum atomic E-state index is 6.17. The van der Waals surface area contributed by atoms with E-state index in [0.717, 1.165) is 36.6 Å². The Morgan fingerprint density at radius 1 is 1.37 bits per heavy atom. The van der Waals surface area contributed by atoms with Crippen LogP contribution in [0.15, 0.2) is 0 Å². The molecule has 1 aliphatic rings. The van der Waals surface area contributed by atoms with Crippen LogP contribution in [0.4, 0.5) is 11.5 Å². The minimum Gasteiger partial charge on any atom is -0.394 e. The van der Waals surface area contributed by atoms with Crippen LogP contribution in [0.1, 0.15) is 38.8 Å². The molecule has 0 saturated carbocycles. The van der Waals surface area contributed by atoms with Crippen molar-refractivity contribution in [3.05, 3.63) is 5.69 Å². The molecule has 3 N–H and O–H groups in total. The molecule has 0 amide bonds. The third-order valence-electron chi connectivity index (χ3n) is 3.98. The Labute approximate surface area is 116 Å². The smallest absolute Gasteiger partial charge is 0.147 e. The van der Waals surface area contributed by atoms with E-state index in [1.165, 1.54) is 25.9 Å². The Morgan fingerprint density at radius 3 is 2.68 bits per heavy atom. The second kappa shape index (κ2) is 6.28. The highest BCUT2D eigenvalue weighted by atomic mass is 15.3. The molecule has 2 rings (SSSR count). The van der Waals surface area contributed by atoms with Crippen molar-refractivity contribution in [1.82, 2.24) is 14.7 Å². The predicted molar refractivity (Wildman–Crippen MR) is 80.4 cm³/mol. The van der Waals surface area contributed by atoms with E-state index in [1.807, 2.05) is 11.7 Å². The van der Waals surface area contributed by atoms with Crippen molar-refractivity contribution >= 4 is 11.5 Å². The van der Waals surface area contributed by atoms with E-state index in [1.54, 1.807) is 0 Å². The minimum atomic E-state index is 0.548. The number of likely N-dealkylation sites (tertiary alicyclic amines) is 1. The molecule has 0 radical (unpaired) electrons. The summed E-state index contributed by atoms with van der Waals surface area (Å²) in [7, 11) is 1.96. The molecule has 0 aliphatic carbocycles. The molecule has 1 saturated heterocycles. The van der Waals surface area contributed by atoms with Crippen LogP contribution in [-0.2, 0) is 13.5 Å². The van der Waals surface area contributed by atoms with Crippen molar-refractivity contribution in [3.63, 3.8) is 0 Å². The van der Waals surface area contributed by atoms with Gasteiger partial charge in [-0.15, -0.1) is 0 Å². The lowest BCUT2D eigenvalue weighted by molar-refractivity contribution is 0.269. The van der Waals surface area contributed by atoms with Crippen LogP contribution in [0.5, 0.6) is 0 Å². The summed E-state index contributed by atoms with van der Waals surface area (Å²) in [6, 6.07) is 0.548. The first kappa shape index (κ1) is 14.2. The van der Waals surface area contributed by atoms with E-state index in [2.05, 4.69) is 29.2 Å². The zero-order valence-corrected chi connectivity index (χ0v) is 12.4. The van der Waals surface area contributed by atoms with Gasteiger partial charge in [0.2, 0.25) is 0 Å². The molecule has 1 aliphatic heterocycles. The predicted octanol–water partition coefficient (Wildman–Crippen LogP) is 1.85. The molecule has 1 unspecified atom stereocenters. The van der Waals surface area contributed by atoms with Crippen molar-refractivity contribution in [2.45, 2.75) is 45.6 Å². The number of nitrogen functional groups attached to an aromatic ring is 1. The Kier molecular flexibility index (Phi) is 4.69. The first-order valence-corrected chi connectivity index (χ1v) is 7.42. The number of aryl methyl sites for hydroxylation is 2. The highest BCUT2D eigenvalue weighted by Crippen LogP contribution is 2.23. The fourth-order valence-electron chi connectivity index (χ4n) is 2.78. The summed E-state index contributed by atoms with van der Waals surface area (Å²) >= 11 is 0. The maximum Gasteiger partial charge on any atom is 0.147 e. The van der Waals surface area contributed by atoms with Crippen molar-refractivity contribution < 1.29 is 0 Å². The summed E-state index contributed by atoms with van der Waals surface area (Å²) < 4.78 is 1.87. The second-order valence-electron chi connectivity index (χ2n) is 5.56. The standard InChI is InChI=1S/C14H27N5/c1-4-7-12-13(15)14(18(3)17-12)16-10-11(2)19-8-5-6-9-19/h11,16H,4-10,15H2,1-3H3. The Morgan fingerprint density at radius 2 is 2.05 bits per heavy atom. The van der Waals surface area contributed by atoms with Crippen LogP contribution in [-0.4, -0.2) is 40.4 Å².